The molecule has 0 atom stereocenters. The maximum absolute atomic E-state index is 13.8. The topological polar surface area (TPSA) is 30.9 Å². The van der Waals surface area contributed by atoms with Gasteiger partial charge in [-0.05, 0) is 42.6 Å². The lowest BCUT2D eigenvalue weighted by Gasteiger charge is -2.09. The quantitative estimate of drug-likeness (QED) is 0.694. The Labute approximate surface area is 111 Å². The predicted molar refractivity (Wildman–Crippen MR) is 76.6 cm³/mol. The minimum atomic E-state index is -0.256. The van der Waals surface area contributed by atoms with Crippen molar-refractivity contribution in [3.63, 3.8) is 0 Å². The largest absolute Gasteiger partial charge is 0.398 e. The highest BCUT2D eigenvalue weighted by atomic mass is 19.1. The molecule has 1 heterocycles. The summed E-state index contributed by atoms with van der Waals surface area (Å²) in [6.45, 7) is 2.51. The molecule has 0 radical (unpaired) electrons. The summed E-state index contributed by atoms with van der Waals surface area (Å²) in [4.78, 5) is 0. The minimum absolute atomic E-state index is 0.256. The number of nitrogens with two attached hydrogens (primary N) is 1. The van der Waals surface area contributed by atoms with Crippen molar-refractivity contribution < 1.29 is 4.39 Å². The van der Waals surface area contributed by atoms with Crippen molar-refractivity contribution in [1.29, 1.82) is 0 Å². The number of anilines is 1. The second-order valence-electron chi connectivity index (χ2n) is 4.81. The first-order chi connectivity index (χ1) is 9.15. The van der Waals surface area contributed by atoms with Crippen molar-refractivity contribution in [2.45, 2.75) is 13.5 Å². The van der Waals surface area contributed by atoms with E-state index in [9.17, 15) is 4.39 Å². The van der Waals surface area contributed by atoms with Gasteiger partial charge in [0, 0.05) is 23.0 Å². The van der Waals surface area contributed by atoms with Gasteiger partial charge in [-0.3, -0.25) is 0 Å². The molecule has 0 saturated carbocycles. The van der Waals surface area contributed by atoms with E-state index in [1.807, 2.05) is 16.8 Å². The number of rotatable bonds is 2. The molecule has 19 heavy (non-hydrogen) atoms. The van der Waals surface area contributed by atoms with Crippen LogP contribution < -0.4 is 5.73 Å². The van der Waals surface area contributed by atoms with Crippen LogP contribution in [0.25, 0.3) is 10.9 Å². The van der Waals surface area contributed by atoms with E-state index in [1.54, 1.807) is 12.1 Å². The smallest absolute Gasteiger partial charge is 0.130 e. The highest BCUT2D eigenvalue weighted by Crippen LogP contribution is 2.22. The van der Waals surface area contributed by atoms with Crippen molar-refractivity contribution in [2.75, 3.05) is 5.73 Å². The van der Waals surface area contributed by atoms with Crippen LogP contribution in [0.3, 0.4) is 0 Å². The fraction of sp³-hybridized carbons (Fsp3) is 0.125. The maximum Gasteiger partial charge on any atom is 0.130 e. The van der Waals surface area contributed by atoms with E-state index < -0.39 is 0 Å². The zero-order valence-corrected chi connectivity index (χ0v) is 10.7. The number of halogens is 1. The van der Waals surface area contributed by atoms with Gasteiger partial charge in [0.2, 0.25) is 0 Å². The van der Waals surface area contributed by atoms with Crippen LogP contribution in [-0.4, -0.2) is 4.57 Å². The molecule has 0 unspecified atom stereocenters. The van der Waals surface area contributed by atoms with Gasteiger partial charge in [-0.25, -0.2) is 4.39 Å². The summed E-state index contributed by atoms with van der Waals surface area (Å²) in [5.41, 5.74) is 9.20. The van der Waals surface area contributed by atoms with Crippen molar-refractivity contribution in [1.82, 2.24) is 4.57 Å². The summed E-state index contributed by atoms with van der Waals surface area (Å²) < 4.78 is 15.8. The number of aromatic nitrogens is 1. The van der Waals surface area contributed by atoms with Crippen LogP contribution in [0.4, 0.5) is 10.1 Å². The number of hydrogen-bond donors (Lipinski definition) is 1. The van der Waals surface area contributed by atoms with Crippen LogP contribution in [0.15, 0.2) is 48.7 Å². The maximum atomic E-state index is 13.8. The van der Waals surface area contributed by atoms with Crippen molar-refractivity contribution in [3.8, 4) is 0 Å². The van der Waals surface area contributed by atoms with Gasteiger partial charge < -0.3 is 10.3 Å². The van der Waals surface area contributed by atoms with Crippen LogP contribution in [0.2, 0.25) is 0 Å². The van der Waals surface area contributed by atoms with E-state index in [1.165, 1.54) is 11.6 Å². The highest BCUT2D eigenvalue weighted by molar-refractivity contribution is 5.81. The molecule has 96 valence electrons. The summed E-state index contributed by atoms with van der Waals surface area (Å²) in [5, 5.41) is 1.16. The normalized spacial score (nSPS) is 11.1. The zero-order valence-electron chi connectivity index (χ0n) is 10.7. The first kappa shape index (κ1) is 11.8. The van der Waals surface area contributed by atoms with Gasteiger partial charge in [-0.1, -0.05) is 17.7 Å². The molecule has 0 spiro atoms. The van der Waals surface area contributed by atoms with Crippen molar-refractivity contribution in [2.24, 2.45) is 0 Å². The van der Waals surface area contributed by atoms with Crippen LogP contribution in [-0.2, 0) is 6.54 Å². The van der Waals surface area contributed by atoms with E-state index >= 15 is 0 Å². The predicted octanol–water partition coefficient (Wildman–Crippen LogP) is 3.72. The summed E-state index contributed by atoms with van der Waals surface area (Å²) in [6.07, 6.45) is 1.97. The summed E-state index contributed by atoms with van der Waals surface area (Å²) in [7, 11) is 0. The molecule has 0 saturated heterocycles. The van der Waals surface area contributed by atoms with Gasteiger partial charge >= 0.3 is 0 Å². The molecule has 1 aromatic heterocycles. The number of hydrogen-bond acceptors (Lipinski definition) is 1. The minimum Gasteiger partial charge on any atom is -0.398 e. The molecule has 2 aromatic carbocycles. The monoisotopic (exact) mass is 254 g/mol. The third-order valence-corrected chi connectivity index (χ3v) is 3.41. The molecule has 0 fully saturated rings. The third kappa shape index (κ3) is 2.08. The first-order valence-corrected chi connectivity index (χ1v) is 6.23. The number of nitrogen functional groups attached to an aromatic ring is 1. The van der Waals surface area contributed by atoms with Gasteiger partial charge in [-0.2, -0.15) is 0 Å². The van der Waals surface area contributed by atoms with Crippen LogP contribution in [0, 0.1) is 12.7 Å². The average Bonchev–Trinajstić information content (AvgIpc) is 2.76. The van der Waals surface area contributed by atoms with E-state index in [2.05, 4.69) is 25.1 Å². The molecule has 0 bridgehead atoms. The Kier molecular flexibility index (Phi) is 2.75. The van der Waals surface area contributed by atoms with Crippen LogP contribution >= 0.6 is 0 Å². The summed E-state index contributed by atoms with van der Waals surface area (Å²) in [6, 6.07) is 13.1. The molecule has 0 aliphatic rings. The van der Waals surface area contributed by atoms with Crippen LogP contribution in [0.5, 0.6) is 0 Å². The fourth-order valence-corrected chi connectivity index (χ4v) is 2.37. The van der Waals surface area contributed by atoms with Gasteiger partial charge in [0.25, 0.3) is 0 Å². The lowest BCUT2D eigenvalue weighted by Crippen LogP contribution is -2.04. The lowest BCUT2D eigenvalue weighted by molar-refractivity contribution is 0.603. The van der Waals surface area contributed by atoms with Gasteiger partial charge in [0.1, 0.15) is 5.82 Å². The zero-order chi connectivity index (χ0) is 13.4. The molecule has 3 aromatic rings. The molecule has 0 amide bonds. The molecule has 2 N–H and O–H groups in total. The summed E-state index contributed by atoms with van der Waals surface area (Å²) in [5.74, 6) is -0.256. The Morgan fingerprint density at radius 2 is 2.00 bits per heavy atom. The molecular formula is C16H15FN2. The molecular weight excluding hydrogens is 239 g/mol. The van der Waals surface area contributed by atoms with E-state index in [4.69, 9.17) is 5.73 Å². The number of benzene rings is 2. The number of nitrogens with zero attached hydrogens (tertiary/aromatic N) is 1. The van der Waals surface area contributed by atoms with Crippen LogP contribution in [0.1, 0.15) is 11.1 Å². The molecule has 0 aliphatic heterocycles. The van der Waals surface area contributed by atoms with Gasteiger partial charge in [-0.15, -0.1) is 0 Å². The molecule has 3 rings (SSSR count). The Hall–Kier alpha value is -2.29. The Balaban J connectivity index is 2.06. The van der Waals surface area contributed by atoms with Crippen molar-refractivity contribution >= 4 is 16.6 Å². The molecule has 3 heteroatoms. The summed E-state index contributed by atoms with van der Waals surface area (Å²) >= 11 is 0. The number of aryl methyl sites for hydroxylation is 1. The number of fused-ring (bicyclic) bond motifs is 1. The van der Waals surface area contributed by atoms with Gasteiger partial charge in [0.15, 0.2) is 0 Å². The van der Waals surface area contributed by atoms with E-state index in [0.717, 1.165) is 10.9 Å². The van der Waals surface area contributed by atoms with Gasteiger partial charge in [0.05, 0.1) is 6.54 Å². The molecule has 2 nitrogen and oxygen atoms in total. The van der Waals surface area contributed by atoms with E-state index in [0.29, 0.717) is 17.8 Å². The Morgan fingerprint density at radius 3 is 2.79 bits per heavy atom. The highest BCUT2D eigenvalue weighted by Gasteiger charge is 2.08. The standard InChI is InChI=1S/C16H15FN2/c1-11-5-6-16-12(9-11)7-8-19(16)10-13-14(17)3-2-4-15(13)18/h2-9H,10,18H2,1H3. The second kappa shape index (κ2) is 4.43. The van der Waals surface area contributed by atoms with Crippen molar-refractivity contribution in [3.05, 3.63) is 65.6 Å². The SMILES string of the molecule is Cc1ccc2c(ccn2Cc2c(N)cccc2F)c1. The Bertz CT molecular complexity index is 723. The second-order valence-corrected chi connectivity index (χ2v) is 4.81. The fourth-order valence-electron chi connectivity index (χ4n) is 2.37. The average molecular weight is 254 g/mol. The molecule has 0 aliphatic carbocycles. The lowest BCUT2D eigenvalue weighted by atomic mass is 10.1. The third-order valence-electron chi connectivity index (χ3n) is 3.41. The Morgan fingerprint density at radius 1 is 1.16 bits per heavy atom. The first-order valence-electron chi connectivity index (χ1n) is 6.23. The van der Waals surface area contributed by atoms with E-state index in [-0.39, 0.29) is 5.82 Å².